The van der Waals surface area contributed by atoms with E-state index in [1.54, 1.807) is 0 Å². The van der Waals surface area contributed by atoms with Gasteiger partial charge >= 0.3 is 0 Å². The van der Waals surface area contributed by atoms with Gasteiger partial charge in [0.15, 0.2) is 0 Å². The Morgan fingerprint density at radius 1 is 1.31 bits per heavy atom. The molecule has 0 spiro atoms. The summed E-state index contributed by atoms with van der Waals surface area (Å²) in [5.41, 5.74) is 1.13. The summed E-state index contributed by atoms with van der Waals surface area (Å²) < 4.78 is 7.36. The Morgan fingerprint density at radius 3 is 2.44 bits per heavy atom. The molecule has 2 N–H and O–H groups in total. The Morgan fingerprint density at radius 2 is 1.94 bits per heavy atom. The molecule has 0 bridgehead atoms. The van der Waals surface area contributed by atoms with E-state index in [0.29, 0.717) is 13.2 Å². The predicted octanol–water partition coefficient (Wildman–Crippen LogP) is 2.69. The average molecular weight is 353 g/mol. The zero-order valence-corrected chi connectivity index (χ0v) is 12.3. The molecule has 90 valence electrons. The van der Waals surface area contributed by atoms with Gasteiger partial charge in [-0.25, -0.2) is 0 Å². The van der Waals surface area contributed by atoms with Crippen LogP contribution in [0.25, 0.3) is 0 Å². The maximum absolute atomic E-state index is 8.67. The number of rotatable bonds is 6. The lowest BCUT2D eigenvalue weighted by Crippen LogP contribution is -2.17. The highest BCUT2D eigenvalue weighted by molar-refractivity contribution is 9.11. The molecule has 0 saturated heterocycles. The number of nitrogens with one attached hydrogen (secondary N) is 1. The van der Waals surface area contributed by atoms with E-state index in [-0.39, 0.29) is 6.61 Å². The van der Waals surface area contributed by atoms with Crippen molar-refractivity contribution in [1.82, 2.24) is 5.32 Å². The Hall–Kier alpha value is -0.100. The second-order valence-electron chi connectivity index (χ2n) is 3.22. The second-order valence-corrected chi connectivity index (χ2v) is 4.93. The van der Waals surface area contributed by atoms with Crippen molar-refractivity contribution in [3.63, 3.8) is 0 Å². The smallest absolute Gasteiger partial charge is 0.147 e. The van der Waals surface area contributed by atoms with E-state index < -0.39 is 0 Å². The molecule has 0 saturated carbocycles. The summed E-state index contributed by atoms with van der Waals surface area (Å²) in [5, 5.41) is 11.8. The minimum atomic E-state index is 0.152. The van der Waals surface area contributed by atoms with Crippen LogP contribution in [0.15, 0.2) is 21.1 Å². The highest BCUT2D eigenvalue weighted by Crippen LogP contribution is 2.34. The molecule has 0 heterocycles. The maximum Gasteiger partial charge on any atom is 0.147 e. The van der Waals surface area contributed by atoms with Gasteiger partial charge in [-0.1, -0.05) is 0 Å². The normalized spacial score (nSPS) is 10.5. The van der Waals surface area contributed by atoms with E-state index >= 15 is 0 Å². The molecule has 16 heavy (non-hydrogen) atoms. The molecule has 1 rings (SSSR count). The van der Waals surface area contributed by atoms with Gasteiger partial charge in [0.1, 0.15) is 5.75 Å². The van der Waals surface area contributed by atoms with Crippen LogP contribution in [0.4, 0.5) is 0 Å². The van der Waals surface area contributed by atoms with Crippen LogP contribution in [0, 0.1) is 0 Å². The van der Waals surface area contributed by atoms with E-state index in [9.17, 15) is 0 Å². The number of ether oxygens (including phenoxy) is 1. The van der Waals surface area contributed by atoms with Crippen molar-refractivity contribution < 1.29 is 9.84 Å². The summed E-state index contributed by atoms with van der Waals surface area (Å²) in [7, 11) is 0. The zero-order chi connectivity index (χ0) is 12.0. The van der Waals surface area contributed by atoms with Gasteiger partial charge < -0.3 is 15.2 Å². The fourth-order valence-corrected chi connectivity index (χ4v) is 2.82. The first kappa shape index (κ1) is 14.0. The third-order valence-electron chi connectivity index (χ3n) is 1.96. The van der Waals surface area contributed by atoms with Gasteiger partial charge in [0.2, 0.25) is 0 Å². The highest BCUT2D eigenvalue weighted by atomic mass is 79.9. The van der Waals surface area contributed by atoms with E-state index in [1.807, 2.05) is 19.1 Å². The lowest BCUT2D eigenvalue weighted by molar-refractivity contribution is 0.292. The number of aliphatic hydroxyl groups is 1. The Bertz CT molecular complexity index is 322. The fourth-order valence-electron chi connectivity index (χ4n) is 1.31. The molecule has 1 aromatic carbocycles. The van der Waals surface area contributed by atoms with Crippen molar-refractivity contribution >= 4 is 31.9 Å². The van der Waals surface area contributed by atoms with Gasteiger partial charge in [-0.05, 0) is 56.5 Å². The lowest BCUT2D eigenvalue weighted by atomic mass is 10.2. The third-order valence-corrected chi connectivity index (χ3v) is 3.14. The molecule has 0 radical (unpaired) electrons. The average Bonchev–Trinajstić information content (AvgIpc) is 2.24. The fraction of sp³-hybridized carbons (Fsp3) is 0.455. The van der Waals surface area contributed by atoms with Crippen LogP contribution in [0.5, 0.6) is 5.75 Å². The first-order valence-corrected chi connectivity index (χ1v) is 6.70. The van der Waals surface area contributed by atoms with Crippen LogP contribution in [-0.2, 0) is 6.54 Å². The molecule has 0 aromatic heterocycles. The summed E-state index contributed by atoms with van der Waals surface area (Å²) in [6, 6.07) is 4.03. The first-order valence-electron chi connectivity index (χ1n) is 5.11. The minimum Gasteiger partial charge on any atom is -0.492 e. The molecule has 3 nitrogen and oxygen atoms in total. The van der Waals surface area contributed by atoms with Crippen LogP contribution in [0.1, 0.15) is 12.5 Å². The van der Waals surface area contributed by atoms with E-state index in [4.69, 9.17) is 9.84 Å². The topological polar surface area (TPSA) is 41.5 Å². The van der Waals surface area contributed by atoms with Crippen LogP contribution in [0.2, 0.25) is 0 Å². The van der Waals surface area contributed by atoms with Gasteiger partial charge in [0, 0.05) is 13.1 Å². The van der Waals surface area contributed by atoms with Gasteiger partial charge in [0.05, 0.1) is 22.2 Å². The molecule has 5 heteroatoms. The van der Waals surface area contributed by atoms with Crippen molar-refractivity contribution in [2.45, 2.75) is 13.5 Å². The summed E-state index contributed by atoms with van der Waals surface area (Å²) in [4.78, 5) is 0. The standard InChI is InChI=1S/C11H15Br2NO2/c1-2-16-11-9(12)5-8(6-10(11)13)7-14-3-4-15/h5-6,14-15H,2-4,7H2,1H3. The third kappa shape index (κ3) is 4.05. The lowest BCUT2D eigenvalue weighted by Gasteiger charge is -2.11. The van der Waals surface area contributed by atoms with E-state index in [0.717, 1.165) is 26.8 Å². The quantitative estimate of drug-likeness (QED) is 0.773. The van der Waals surface area contributed by atoms with E-state index in [1.165, 1.54) is 0 Å². The minimum absolute atomic E-state index is 0.152. The monoisotopic (exact) mass is 351 g/mol. The SMILES string of the molecule is CCOc1c(Br)cc(CNCCO)cc1Br. The van der Waals surface area contributed by atoms with E-state index in [2.05, 4.69) is 37.2 Å². The van der Waals surface area contributed by atoms with Gasteiger partial charge in [-0.3, -0.25) is 0 Å². The number of aliphatic hydroxyl groups excluding tert-OH is 1. The van der Waals surface area contributed by atoms with Gasteiger partial charge in [-0.2, -0.15) is 0 Å². The largest absolute Gasteiger partial charge is 0.492 e. The molecule has 0 unspecified atom stereocenters. The molecule has 0 aliphatic heterocycles. The number of halogens is 2. The van der Waals surface area contributed by atoms with Gasteiger partial charge in [-0.15, -0.1) is 0 Å². The van der Waals surface area contributed by atoms with Crippen LogP contribution >= 0.6 is 31.9 Å². The first-order chi connectivity index (χ1) is 7.69. The van der Waals surface area contributed by atoms with Crippen LogP contribution in [-0.4, -0.2) is 24.9 Å². The molecule has 1 aromatic rings. The van der Waals surface area contributed by atoms with Crippen molar-refractivity contribution in [3.05, 3.63) is 26.6 Å². The number of hydrogen-bond acceptors (Lipinski definition) is 3. The molecule has 0 atom stereocenters. The summed E-state index contributed by atoms with van der Waals surface area (Å²) in [6.07, 6.45) is 0. The van der Waals surface area contributed by atoms with Crippen LogP contribution < -0.4 is 10.1 Å². The molecular weight excluding hydrogens is 338 g/mol. The molecule has 0 fully saturated rings. The summed E-state index contributed by atoms with van der Waals surface area (Å²) in [6.45, 7) is 4.07. The van der Waals surface area contributed by atoms with Crippen molar-refractivity contribution in [2.24, 2.45) is 0 Å². The van der Waals surface area contributed by atoms with Crippen molar-refractivity contribution in [1.29, 1.82) is 0 Å². The molecule has 0 aliphatic rings. The van der Waals surface area contributed by atoms with Crippen LogP contribution in [0.3, 0.4) is 0 Å². The summed E-state index contributed by atoms with van der Waals surface area (Å²) >= 11 is 6.95. The van der Waals surface area contributed by atoms with Crippen molar-refractivity contribution in [2.75, 3.05) is 19.8 Å². The number of benzene rings is 1. The maximum atomic E-state index is 8.67. The van der Waals surface area contributed by atoms with Gasteiger partial charge in [0.25, 0.3) is 0 Å². The molecular formula is C11H15Br2NO2. The Labute approximate surface area is 112 Å². The predicted molar refractivity (Wildman–Crippen MR) is 71.8 cm³/mol. The summed E-state index contributed by atoms with van der Waals surface area (Å²) in [5.74, 6) is 0.827. The molecule has 0 aliphatic carbocycles. The number of hydrogen-bond donors (Lipinski definition) is 2. The van der Waals surface area contributed by atoms with Crippen molar-refractivity contribution in [3.8, 4) is 5.75 Å². The molecule has 0 amide bonds. The zero-order valence-electron chi connectivity index (χ0n) is 9.09. The highest BCUT2D eigenvalue weighted by Gasteiger charge is 2.08. The Kier molecular flexibility index (Phi) is 6.34. The Balaban J connectivity index is 2.75. The second kappa shape index (κ2) is 7.27.